The van der Waals surface area contributed by atoms with Crippen LogP contribution in [0.4, 0.5) is 0 Å². The Hall–Kier alpha value is -1.59. The lowest BCUT2D eigenvalue weighted by Gasteiger charge is -2.48. The van der Waals surface area contributed by atoms with Gasteiger partial charge in [-0.1, -0.05) is 37.6 Å². The lowest BCUT2D eigenvalue weighted by atomic mass is 9.79. The van der Waals surface area contributed by atoms with Crippen molar-refractivity contribution in [3.05, 3.63) is 34.9 Å². The number of carboxylic acids is 1. The van der Waals surface area contributed by atoms with Crippen molar-refractivity contribution in [3.63, 3.8) is 0 Å². The van der Waals surface area contributed by atoms with E-state index in [-0.39, 0.29) is 30.3 Å². The van der Waals surface area contributed by atoms with Crippen LogP contribution >= 0.6 is 11.6 Å². The summed E-state index contributed by atoms with van der Waals surface area (Å²) in [7, 11) is 0. The number of carbonyl (C=O) groups excluding carboxylic acids is 1. The SMILES string of the molecule is CC[C@@H]([C@H](C)C(C)(C)O)N1C(=O)C(CC(=O)O)CCC1c1ccc(Cl)cc1. The van der Waals surface area contributed by atoms with Crippen molar-refractivity contribution < 1.29 is 19.8 Å². The number of rotatable bonds is 7. The number of amides is 1. The van der Waals surface area contributed by atoms with Crippen molar-refractivity contribution in [2.75, 3.05) is 0 Å². The zero-order chi connectivity index (χ0) is 20.4. The van der Waals surface area contributed by atoms with E-state index >= 15 is 0 Å². The smallest absolute Gasteiger partial charge is 0.304 e. The zero-order valence-corrected chi connectivity index (χ0v) is 17.2. The van der Waals surface area contributed by atoms with E-state index in [0.29, 0.717) is 24.3 Å². The van der Waals surface area contributed by atoms with Gasteiger partial charge in [-0.05, 0) is 50.8 Å². The number of hydrogen-bond donors (Lipinski definition) is 2. The maximum atomic E-state index is 13.3. The topological polar surface area (TPSA) is 77.8 Å². The molecule has 1 amide bonds. The number of nitrogens with zero attached hydrogens (tertiary/aromatic N) is 1. The van der Waals surface area contributed by atoms with Crippen molar-refractivity contribution in [2.45, 2.75) is 71.1 Å². The Labute approximate surface area is 166 Å². The van der Waals surface area contributed by atoms with Gasteiger partial charge in [-0.2, -0.15) is 0 Å². The molecule has 1 saturated heterocycles. The molecule has 27 heavy (non-hydrogen) atoms. The molecule has 1 aromatic rings. The summed E-state index contributed by atoms with van der Waals surface area (Å²) >= 11 is 6.02. The van der Waals surface area contributed by atoms with Crippen molar-refractivity contribution in [1.82, 2.24) is 4.90 Å². The molecule has 2 unspecified atom stereocenters. The first-order valence-corrected chi connectivity index (χ1v) is 9.95. The number of aliphatic carboxylic acids is 1. The summed E-state index contributed by atoms with van der Waals surface area (Å²) in [6.45, 7) is 7.45. The fraction of sp³-hybridized carbons (Fsp3) is 0.619. The maximum Gasteiger partial charge on any atom is 0.304 e. The molecule has 2 rings (SSSR count). The summed E-state index contributed by atoms with van der Waals surface area (Å²) in [6.07, 6.45) is 1.76. The number of halogens is 1. The number of carbonyl (C=O) groups is 2. The molecule has 0 aliphatic carbocycles. The van der Waals surface area contributed by atoms with Crippen LogP contribution in [-0.4, -0.2) is 38.6 Å². The molecule has 2 N–H and O–H groups in total. The highest BCUT2D eigenvalue weighted by Gasteiger charge is 2.44. The van der Waals surface area contributed by atoms with E-state index in [9.17, 15) is 19.8 Å². The van der Waals surface area contributed by atoms with Crippen molar-refractivity contribution in [3.8, 4) is 0 Å². The third kappa shape index (κ3) is 5.02. The molecular formula is C21H30ClNO4. The van der Waals surface area contributed by atoms with E-state index < -0.39 is 17.5 Å². The van der Waals surface area contributed by atoms with Gasteiger partial charge in [0.15, 0.2) is 0 Å². The van der Waals surface area contributed by atoms with E-state index in [2.05, 4.69) is 0 Å². The standard InChI is InChI=1S/C21H30ClNO4/c1-5-17(13(2)21(3,4)27)23-18(14-6-9-16(22)10-7-14)11-8-15(20(23)26)12-19(24)25/h6-7,9-10,13,15,17-18,27H,5,8,11-12H2,1-4H3,(H,24,25)/t13-,15?,17-,18?/m0/s1. The molecule has 0 saturated carbocycles. The van der Waals surface area contributed by atoms with E-state index in [1.807, 2.05) is 43.0 Å². The van der Waals surface area contributed by atoms with Crippen LogP contribution in [0.2, 0.25) is 5.02 Å². The van der Waals surface area contributed by atoms with Gasteiger partial charge >= 0.3 is 5.97 Å². The van der Waals surface area contributed by atoms with Crippen LogP contribution < -0.4 is 0 Å². The molecular weight excluding hydrogens is 366 g/mol. The lowest BCUT2D eigenvalue weighted by molar-refractivity contribution is -0.154. The van der Waals surface area contributed by atoms with Crippen LogP contribution in [0.3, 0.4) is 0 Å². The van der Waals surface area contributed by atoms with Gasteiger partial charge in [0.05, 0.1) is 18.1 Å². The average molecular weight is 396 g/mol. The number of benzene rings is 1. The second-order valence-corrected chi connectivity index (χ2v) is 8.54. The highest BCUT2D eigenvalue weighted by Crippen LogP contribution is 2.40. The molecule has 1 aliphatic rings. The molecule has 1 aromatic carbocycles. The first-order valence-electron chi connectivity index (χ1n) is 9.58. The minimum Gasteiger partial charge on any atom is -0.481 e. The van der Waals surface area contributed by atoms with Crippen LogP contribution in [0.25, 0.3) is 0 Å². The lowest BCUT2D eigenvalue weighted by Crippen LogP contribution is -2.54. The highest BCUT2D eigenvalue weighted by molar-refractivity contribution is 6.30. The van der Waals surface area contributed by atoms with E-state index in [1.165, 1.54) is 0 Å². The van der Waals surface area contributed by atoms with Crippen LogP contribution in [0.1, 0.15) is 65.0 Å². The number of carboxylic acid groups (broad SMARTS) is 1. The van der Waals surface area contributed by atoms with Gasteiger partial charge < -0.3 is 15.1 Å². The van der Waals surface area contributed by atoms with E-state index in [4.69, 9.17) is 11.6 Å². The van der Waals surface area contributed by atoms with E-state index in [0.717, 1.165) is 5.56 Å². The highest BCUT2D eigenvalue weighted by atomic mass is 35.5. The summed E-state index contributed by atoms with van der Waals surface area (Å²) in [5.41, 5.74) is 0.0357. The Balaban J connectivity index is 2.44. The molecule has 1 fully saturated rings. The molecule has 1 heterocycles. The number of hydrogen-bond acceptors (Lipinski definition) is 3. The summed E-state index contributed by atoms with van der Waals surface area (Å²) < 4.78 is 0. The Morgan fingerprint density at radius 3 is 2.37 bits per heavy atom. The summed E-state index contributed by atoms with van der Waals surface area (Å²) in [6, 6.07) is 7.13. The Bertz CT molecular complexity index is 668. The monoisotopic (exact) mass is 395 g/mol. The molecule has 0 bridgehead atoms. The van der Waals surface area contributed by atoms with Crippen LogP contribution in [0, 0.1) is 11.8 Å². The second kappa shape index (κ2) is 8.61. The van der Waals surface area contributed by atoms with Gasteiger partial charge in [-0.25, -0.2) is 0 Å². The molecule has 0 aromatic heterocycles. The summed E-state index contributed by atoms with van der Waals surface area (Å²) in [5.74, 6) is -1.77. The van der Waals surface area contributed by atoms with Crippen molar-refractivity contribution in [1.29, 1.82) is 0 Å². The predicted molar refractivity (Wildman–Crippen MR) is 106 cm³/mol. The summed E-state index contributed by atoms with van der Waals surface area (Å²) in [4.78, 5) is 26.4. The minimum atomic E-state index is -0.957. The third-order valence-corrected chi connectivity index (χ3v) is 6.12. The summed E-state index contributed by atoms with van der Waals surface area (Å²) in [5, 5.41) is 20.4. The fourth-order valence-electron chi connectivity index (χ4n) is 4.05. The van der Waals surface area contributed by atoms with E-state index in [1.54, 1.807) is 13.8 Å². The number of piperidine rings is 1. The first-order chi connectivity index (χ1) is 12.6. The largest absolute Gasteiger partial charge is 0.481 e. The average Bonchev–Trinajstić information content (AvgIpc) is 2.58. The fourth-order valence-corrected chi connectivity index (χ4v) is 4.18. The molecule has 6 heteroatoms. The minimum absolute atomic E-state index is 0.133. The molecule has 5 nitrogen and oxygen atoms in total. The molecule has 0 spiro atoms. The number of aliphatic hydroxyl groups is 1. The van der Waals surface area contributed by atoms with Crippen molar-refractivity contribution in [2.24, 2.45) is 11.8 Å². The third-order valence-electron chi connectivity index (χ3n) is 5.87. The van der Waals surface area contributed by atoms with Crippen LogP contribution in [0.15, 0.2) is 24.3 Å². The quantitative estimate of drug-likeness (QED) is 0.722. The Morgan fingerprint density at radius 2 is 1.89 bits per heavy atom. The molecule has 0 radical (unpaired) electrons. The van der Waals surface area contributed by atoms with Gasteiger partial charge in [0.25, 0.3) is 0 Å². The van der Waals surface area contributed by atoms with Gasteiger partial charge in [0.2, 0.25) is 5.91 Å². The predicted octanol–water partition coefficient (Wildman–Crippen LogP) is 4.28. The van der Waals surface area contributed by atoms with Gasteiger partial charge in [0, 0.05) is 22.9 Å². The number of likely N-dealkylation sites (tertiary alicyclic amines) is 1. The molecule has 1 aliphatic heterocycles. The van der Waals surface area contributed by atoms with Gasteiger partial charge in [0.1, 0.15) is 0 Å². The maximum absolute atomic E-state index is 13.3. The Morgan fingerprint density at radius 1 is 1.30 bits per heavy atom. The van der Waals surface area contributed by atoms with Crippen LogP contribution in [0.5, 0.6) is 0 Å². The normalized spacial score (nSPS) is 23.2. The zero-order valence-electron chi connectivity index (χ0n) is 16.5. The second-order valence-electron chi connectivity index (χ2n) is 8.10. The van der Waals surface area contributed by atoms with Gasteiger partial charge in [-0.15, -0.1) is 0 Å². The Kier molecular flexibility index (Phi) is 6.92. The molecule has 4 atom stereocenters. The molecule has 150 valence electrons. The van der Waals surface area contributed by atoms with Crippen LogP contribution in [-0.2, 0) is 9.59 Å². The van der Waals surface area contributed by atoms with Crippen molar-refractivity contribution >= 4 is 23.5 Å². The first kappa shape index (κ1) is 21.7. The van der Waals surface area contributed by atoms with Gasteiger partial charge in [-0.3, -0.25) is 9.59 Å².